The maximum absolute atomic E-state index is 13.2. The van der Waals surface area contributed by atoms with Gasteiger partial charge in [0.1, 0.15) is 11.9 Å². The van der Waals surface area contributed by atoms with E-state index < -0.39 is 6.04 Å². The Bertz CT molecular complexity index is 1220. The predicted octanol–water partition coefficient (Wildman–Crippen LogP) is 4.08. The average Bonchev–Trinajstić information content (AvgIpc) is 3.23. The second-order valence-corrected chi connectivity index (χ2v) is 7.39. The molecular formula is C24H21N5O. The van der Waals surface area contributed by atoms with E-state index in [9.17, 15) is 4.79 Å². The van der Waals surface area contributed by atoms with Crippen molar-refractivity contribution < 1.29 is 4.79 Å². The molecule has 1 aliphatic heterocycles. The van der Waals surface area contributed by atoms with Gasteiger partial charge in [0.05, 0.1) is 5.52 Å². The number of amides is 1. The normalized spacial score (nSPS) is 13.8. The minimum atomic E-state index is -0.434. The van der Waals surface area contributed by atoms with Crippen LogP contribution >= 0.6 is 0 Å². The number of carbonyl (C=O) groups is 1. The second kappa shape index (κ2) is 7.55. The number of fused-ring (bicyclic) bond motifs is 2. The van der Waals surface area contributed by atoms with Gasteiger partial charge in [-0.1, -0.05) is 30.3 Å². The number of pyridine rings is 1. The second-order valence-electron chi connectivity index (χ2n) is 7.39. The molecule has 1 atom stereocenters. The van der Waals surface area contributed by atoms with E-state index in [0.29, 0.717) is 18.2 Å². The molecule has 0 bridgehead atoms. The molecule has 2 aromatic heterocycles. The summed E-state index contributed by atoms with van der Waals surface area (Å²) < 4.78 is 0. The van der Waals surface area contributed by atoms with Crippen LogP contribution < -0.4 is 10.2 Å². The number of hydrogen-bond acceptors (Lipinski definition) is 5. The van der Waals surface area contributed by atoms with Crippen molar-refractivity contribution in [3.8, 4) is 11.4 Å². The number of hydrogen-bond donors (Lipinski definition) is 1. The van der Waals surface area contributed by atoms with Gasteiger partial charge in [0.2, 0.25) is 5.91 Å². The van der Waals surface area contributed by atoms with Gasteiger partial charge in [0.15, 0.2) is 5.82 Å². The third kappa shape index (κ3) is 3.26. The molecular weight excluding hydrogens is 374 g/mol. The number of carbonyl (C=O) groups excluding carboxylic acids is 1. The zero-order valence-corrected chi connectivity index (χ0v) is 16.6. The molecule has 6 heteroatoms. The Balaban J connectivity index is 1.48. The van der Waals surface area contributed by atoms with Crippen molar-refractivity contribution in [3.05, 3.63) is 78.6 Å². The number of nitrogens with one attached hydrogen (secondary N) is 1. The third-order valence-corrected chi connectivity index (χ3v) is 5.40. The number of nitrogens with zero attached hydrogens (tertiary/aromatic N) is 4. The summed E-state index contributed by atoms with van der Waals surface area (Å²) in [5, 5.41) is 4.22. The fourth-order valence-electron chi connectivity index (χ4n) is 3.88. The molecule has 0 radical (unpaired) electrons. The molecule has 6 nitrogen and oxygen atoms in total. The maximum Gasteiger partial charge on any atom is 0.249 e. The first-order valence-electron chi connectivity index (χ1n) is 10.0. The van der Waals surface area contributed by atoms with Crippen molar-refractivity contribution >= 4 is 28.3 Å². The van der Waals surface area contributed by atoms with Crippen LogP contribution in [-0.4, -0.2) is 33.4 Å². The van der Waals surface area contributed by atoms with Crippen LogP contribution in [0.1, 0.15) is 12.5 Å². The summed E-state index contributed by atoms with van der Waals surface area (Å²) in [5.74, 6) is 1.26. The highest BCUT2D eigenvalue weighted by Crippen LogP contribution is 2.29. The SMILES string of the molecule is CC(Nc1nc(-c2cccnc2)nc2ccccc12)C(=O)N1CCc2ccccc21. The molecule has 1 unspecified atom stereocenters. The summed E-state index contributed by atoms with van der Waals surface area (Å²) in [6, 6.07) is 19.2. The largest absolute Gasteiger partial charge is 0.358 e. The van der Waals surface area contributed by atoms with Crippen LogP contribution in [0, 0.1) is 0 Å². The van der Waals surface area contributed by atoms with E-state index >= 15 is 0 Å². The van der Waals surface area contributed by atoms with Gasteiger partial charge in [-0.3, -0.25) is 9.78 Å². The standard InChI is InChI=1S/C24H21N5O/c1-16(24(30)29-14-12-17-7-2-5-11-21(17)29)26-23-19-9-3-4-10-20(19)27-22(28-23)18-8-6-13-25-15-18/h2-11,13,15-16H,12,14H2,1H3,(H,26,27,28). The Labute approximate surface area is 174 Å². The lowest BCUT2D eigenvalue weighted by molar-refractivity contribution is -0.118. The van der Waals surface area contributed by atoms with Crippen LogP contribution in [0.15, 0.2) is 73.1 Å². The molecule has 0 saturated heterocycles. The quantitative estimate of drug-likeness (QED) is 0.564. The third-order valence-electron chi connectivity index (χ3n) is 5.40. The molecule has 0 saturated carbocycles. The van der Waals surface area contributed by atoms with E-state index in [1.807, 2.05) is 66.4 Å². The highest BCUT2D eigenvalue weighted by atomic mass is 16.2. The summed E-state index contributed by atoms with van der Waals surface area (Å²) >= 11 is 0. The van der Waals surface area contributed by atoms with Gasteiger partial charge in [-0.2, -0.15) is 0 Å². The lowest BCUT2D eigenvalue weighted by Gasteiger charge is -2.23. The summed E-state index contributed by atoms with van der Waals surface area (Å²) in [6.07, 6.45) is 4.35. The average molecular weight is 395 g/mol. The summed E-state index contributed by atoms with van der Waals surface area (Å²) in [4.78, 5) is 28.7. The predicted molar refractivity (Wildman–Crippen MR) is 118 cm³/mol. The first kappa shape index (κ1) is 18.2. The maximum atomic E-state index is 13.2. The van der Waals surface area contributed by atoms with Crippen molar-refractivity contribution in [3.63, 3.8) is 0 Å². The molecule has 0 aliphatic carbocycles. The van der Waals surface area contributed by atoms with E-state index in [2.05, 4.69) is 21.4 Å². The highest BCUT2D eigenvalue weighted by molar-refractivity contribution is 6.01. The Morgan fingerprint density at radius 2 is 1.87 bits per heavy atom. The zero-order valence-electron chi connectivity index (χ0n) is 16.6. The molecule has 2 aromatic carbocycles. The number of benzene rings is 2. The van der Waals surface area contributed by atoms with Gasteiger partial charge < -0.3 is 10.2 Å². The summed E-state index contributed by atoms with van der Waals surface area (Å²) in [5.41, 5.74) is 3.86. The molecule has 0 spiro atoms. The smallest absolute Gasteiger partial charge is 0.249 e. The lowest BCUT2D eigenvalue weighted by atomic mass is 10.1. The number of rotatable bonds is 4. The molecule has 4 aromatic rings. The van der Waals surface area contributed by atoms with Gasteiger partial charge in [0.25, 0.3) is 0 Å². The number of para-hydroxylation sites is 2. The van der Waals surface area contributed by atoms with Crippen LogP contribution in [0.25, 0.3) is 22.3 Å². The van der Waals surface area contributed by atoms with Crippen molar-refractivity contribution in [1.82, 2.24) is 15.0 Å². The number of aromatic nitrogens is 3. The van der Waals surface area contributed by atoms with Crippen molar-refractivity contribution in [2.45, 2.75) is 19.4 Å². The Morgan fingerprint density at radius 3 is 2.73 bits per heavy atom. The van der Waals surface area contributed by atoms with E-state index in [0.717, 1.165) is 28.6 Å². The summed E-state index contributed by atoms with van der Waals surface area (Å²) in [6.45, 7) is 2.58. The van der Waals surface area contributed by atoms with E-state index in [-0.39, 0.29) is 5.91 Å². The van der Waals surface area contributed by atoms with Crippen LogP contribution in [0.3, 0.4) is 0 Å². The molecule has 0 fully saturated rings. The van der Waals surface area contributed by atoms with Gasteiger partial charge >= 0.3 is 0 Å². The van der Waals surface area contributed by atoms with Crippen LogP contribution in [0.2, 0.25) is 0 Å². The van der Waals surface area contributed by atoms with Crippen LogP contribution in [-0.2, 0) is 11.2 Å². The van der Waals surface area contributed by atoms with Crippen molar-refractivity contribution in [2.24, 2.45) is 0 Å². The fourth-order valence-corrected chi connectivity index (χ4v) is 3.88. The molecule has 30 heavy (non-hydrogen) atoms. The summed E-state index contributed by atoms with van der Waals surface area (Å²) in [7, 11) is 0. The van der Waals surface area contributed by atoms with Crippen LogP contribution in [0.4, 0.5) is 11.5 Å². The van der Waals surface area contributed by atoms with E-state index in [4.69, 9.17) is 4.98 Å². The van der Waals surface area contributed by atoms with Gasteiger partial charge in [-0.05, 0) is 49.2 Å². The van der Waals surface area contributed by atoms with Crippen molar-refractivity contribution in [1.29, 1.82) is 0 Å². The molecule has 148 valence electrons. The van der Waals surface area contributed by atoms with Crippen molar-refractivity contribution in [2.75, 3.05) is 16.8 Å². The fraction of sp³-hybridized carbons (Fsp3) is 0.167. The molecule has 1 N–H and O–H groups in total. The first-order chi connectivity index (χ1) is 14.7. The molecule has 1 amide bonds. The topological polar surface area (TPSA) is 71.0 Å². The molecule has 3 heterocycles. The van der Waals surface area contributed by atoms with E-state index in [1.165, 1.54) is 5.56 Å². The van der Waals surface area contributed by atoms with E-state index in [1.54, 1.807) is 12.4 Å². The molecule has 1 aliphatic rings. The monoisotopic (exact) mass is 395 g/mol. The Hall–Kier alpha value is -3.80. The minimum absolute atomic E-state index is 0.0329. The minimum Gasteiger partial charge on any atom is -0.358 e. The molecule has 5 rings (SSSR count). The lowest BCUT2D eigenvalue weighted by Crippen LogP contribution is -2.40. The van der Waals surface area contributed by atoms with Gasteiger partial charge in [-0.25, -0.2) is 9.97 Å². The Morgan fingerprint density at radius 1 is 1.03 bits per heavy atom. The Kier molecular flexibility index (Phi) is 4.59. The number of anilines is 2. The zero-order chi connectivity index (χ0) is 20.5. The van der Waals surface area contributed by atoms with Gasteiger partial charge in [0, 0.05) is 35.6 Å². The first-order valence-corrected chi connectivity index (χ1v) is 10.0. The highest BCUT2D eigenvalue weighted by Gasteiger charge is 2.28. The van der Waals surface area contributed by atoms with Gasteiger partial charge in [-0.15, -0.1) is 0 Å². The van der Waals surface area contributed by atoms with Crippen LogP contribution in [0.5, 0.6) is 0 Å².